The maximum absolute atomic E-state index is 5.73. The summed E-state index contributed by atoms with van der Waals surface area (Å²) in [4.78, 5) is 2.55. The standard InChI is InChI=1S/C18H28N.C10H12O.2HI.Ru/c1-7-14-10-9-11-15(8-2)16(14)19-13-17(3,4)12-18(19,5)6;1-8(2)11-10-7-5-4-6-9(10)3;;;/h9-11,13H,7-8,12H2,1-6H3;3-8H,1-2H3;2*1H;/q-1;;;;+2/p-2. The Morgan fingerprint density at radius 3 is 2.03 bits per heavy atom. The first kappa shape index (κ1) is 29.2. The number of hydrogen-bond donors (Lipinski definition) is 0. The Morgan fingerprint density at radius 1 is 1.00 bits per heavy atom. The Balaban J connectivity index is 0.000000245. The smallest absolute Gasteiger partial charge is 0.0140 e. The summed E-state index contributed by atoms with van der Waals surface area (Å²) in [5, 5.41) is 0. The van der Waals surface area contributed by atoms with Gasteiger partial charge in [-0.1, -0.05) is 52.3 Å². The van der Waals surface area contributed by atoms with Crippen LogP contribution in [0.2, 0.25) is 0 Å². The molecular weight excluding hydrogens is 721 g/mol. The molecule has 1 heterocycles. The monoisotopic (exact) mass is 762 g/mol. The zero-order valence-electron chi connectivity index (χ0n) is 21.4. The fourth-order valence-corrected chi connectivity index (χ4v) is 8.30. The van der Waals surface area contributed by atoms with Crippen molar-refractivity contribution in [3.05, 3.63) is 65.7 Å². The van der Waals surface area contributed by atoms with Crippen LogP contribution in [-0.4, -0.2) is 16.3 Å². The molecular formula is C28H40I2NORu-. The minimum Gasteiger partial charge on any atom is -0.517 e. The van der Waals surface area contributed by atoms with Crippen molar-refractivity contribution in [1.29, 1.82) is 0 Å². The van der Waals surface area contributed by atoms with E-state index < -0.39 is 8.47 Å². The molecule has 0 spiro atoms. The van der Waals surface area contributed by atoms with E-state index in [1.807, 2.05) is 12.1 Å². The van der Waals surface area contributed by atoms with Crippen LogP contribution < -0.4 is 9.64 Å². The average Bonchev–Trinajstić information content (AvgIpc) is 2.95. The van der Waals surface area contributed by atoms with Crippen molar-refractivity contribution >= 4 is 49.8 Å². The van der Waals surface area contributed by atoms with Gasteiger partial charge in [0.05, 0.1) is 0 Å². The van der Waals surface area contributed by atoms with Gasteiger partial charge in [-0.15, -0.1) is 5.41 Å². The van der Waals surface area contributed by atoms with Crippen LogP contribution in [0.25, 0.3) is 0 Å². The molecule has 0 radical (unpaired) electrons. The number of rotatable bonds is 6. The molecule has 0 atom stereocenters. The number of hydrogen-bond acceptors (Lipinski definition) is 2. The largest absolute Gasteiger partial charge is 0.517 e. The van der Waals surface area contributed by atoms with Crippen molar-refractivity contribution in [1.82, 2.24) is 0 Å². The third-order valence-electron chi connectivity index (χ3n) is 5.69. The van der Waals surface area contributed by atoms with Crippen LogP contribution in [0.1, 0.15) is 78.5 Å². The van der Waals surface area contributed by atoms with Crippen LogP contribution in [0.4, 0.5) is 5.69 Å². The molecule has 2 aromatic carbocycles. The van der Waals surface area contributed by atoms with Gasteiger partial charge in [-0.25, -0.2) is 6.54 Å². The molecule has 1 aliphatic heterocycles. The van der Waals surface area contributed by atoms with Crippen molar-refractivity contribution in [2.45, 2.75) is 86.3 Å². The van der Waals surface area contributed by atoms with Crippen LogP contribution >= 0.6 is 39.5 Å². The van der Waals surface area contributed by atoms with E-state index in [0.717, 1.165) is 18.6 Å². The predicted molar refractivity (Wildman–Crippen MR) is 160 cm³/mol. The van der Waals surface area contributed by atoms with Crippen molar-refractivity contribution in [3.63, 3.8) is 0 Å². The van der Waals surface area contributed by atoms with E-state index in [-0.39, 0.29) is 17.1 Å². The van der Waals surface area contributed by atoms with Gasteiger partial charge in [-0.05, 0) is 37.8 Å². The molecule has 186 valence electrons. The first-order chi connectivity index (χ1) is 15.4. The van der Waals surface area contributed by atoms with Gasteiger partial charge in [-0.3, -0.25) is 0 Å². The molecule has 2 nitrogen and oxygen atoms in total. The maximum Gasteiger partial charge on any atom is 0.0140 e. The Kier molecular flexibility index (Phi) is 11.3. The molecule has 3 rings (SSSR count). The Morgan fingerprint density at radius 2 is 1.58 bits per heavy atom. The molecule has 5 heteroatoms. The van der Waals surface area contributed by atoms with Gasteiger partial charge in [0.1, 0.15) is 0 Å². The second kappa shape index (κ2) is 12.8. The summed E-state index contributed by atoms with van der Waals surface area (Å²) in [5.74, 6) is 1.01. The third-order valence-corrected chi connectivity index (χ3v) is 9.22. The second-order valence-electron chi connectivity index (χ2n) is 10.1. The molecule has 1 aliphatic rings. The second-order valence-corrected chi connectivity index (χ2v) is 30.0. The van der Waals surface area contributed by atoms with Gasteiger partial charge >= 0.3 is 113 Å². The molecule has 1 saturated heterocycles. The van der Waals surface area contributed by atoms with Crippen molar-refractivity contribution in [2.75, 3.05) is 4.90 Å². The van der Waals surface area contributed by atoms with Crippen molar-refractivity contribution in [2.24, 2.45) is 5.41 Å². The number of aryl methyl sites for hydroxylation is 2. The van der Waals surface area contributed by atoms with Gasteiger partial charge < -0.3 is 4.90 Å². The van der Waals surface area contributed by atoms with Gasteiger partial charge in [0.25, 0.3) is 0 Å². The zero-order valence-corrected chi connectivity index (χ0v) is 27.4. The van der Waals surface area contributed by atoms with Gasteiger partial charge in [0, 0.05) is 11.2 Å². The summed E-state index contributed by atoms with van der Waals surface area (Å²) in [5.41, 5.74) is 6.14. The summed E-state index contributed by atoms with van der Waals surface area (Å²) < 4.78 is 8.07. The topological polar surface area (TPSA) is 12.5 Å². The minimum atomic E-state index is -0.775. The fourth-order valence-electron chi connectivity index (χ4n) is 4.67. The molecule has 0 N–H and O–H groups in total. The normalized spacial score (nSPS) is 16.8. The summed E-state index contributed by atoms with van der Waals surface area (Å²) in [6, 6.07) is 15.0. The summed E-state index contributed by atoms with van der Waals surface area (Å²) in [7, 11) is -0.775. The van der Waals surface area contributed by atoms with Crippen molar-refractivity contribution < 1.29 is 13.2 Å². The molecule has 0 amide bonds. The molecule has 0 bridgehead atoms. The predicted octanol–water partition coefficient (Wildman–Crippen LogP) is 8.93. The van der Waals surface area contributed by atoms with E-state index >= 15 is 0 Å². The fraction of sp³-hybridized carbons (Fsp3) is 0.500. The van der Waals surface area contributed by atoms with E-state index in [1.54, 1.807) is 0 Å². The molecule has 33 heavy (non-hydrogen) atoms. The van der Waals surface area contributed by atoms with Gasteiger partial charge in [0.15, 0.2) is 0 Å². The summed E-state index contributed by atoms with van der Waals surface area (Å²) >= 11 is 5.03. The van der Waals surface area contributed by atoms with E-state index in [9.17, 15) is 0 Å². The molecule has 2 aromatic rings. The zero-order chi connectivity index (χ0) is 24.8. The summed E-state index contributed by atoms with van der Waals surface area (Å²) in [6.07, 6.45) is 3.66. The van der Waals surface area contributed by atoms with Crippen LogP contribution in [-0.2, 0) is 21.3 Å². The number of anilines is 1. The first-order valence-electron chi connectivity index (χ1n) is 11.7. The minimum absolute atomic E-state index is 0.207. The number of benzene rings is 2. The number of ether oxygens (including phenoxy) is 1. The van der Waals surface area contributed by atoms with E-state index in [1.165, 1.54) is 28.8 Å². The molecule has 0 saturated carbocycles. The molecule has 0 aromatic heterocycles. The quantitative estimate of drug-likeness (QED) is 0.166. The Bertz CT molecular complexity index is 926. The maximum atomic E-state index is 5.73. The van der Waals surface area contributed by atoms with E-state index in [0.29, 0.717) is 0 Å². The molecule has 1 fully saturated rings. The van der Waals surface area contributed by atoms with Gasteiger partial charge in [0.2, 0.25) is 0 Å². The Labute approximate surface area is 229 Å². The van der Waals surface area contributed by atoms with E-state index in [4.69, 9.17) is 4.74 Å². The van der Waals surface area contributed by atoms with Crippen LogP contribution in [0.3, 0.4) is 0 Å². The SMILES string of the molecule is CC(C)Oc1ccccc1[CH]=[Ru]([I])[I].CCc1cccc(CC)c1N1[CH-]C(C)(C)CC1(C)C. The van der Waals surface area contributed by atoms with Crippen LogP contribution in [0, 0.1) is 12.0 Å². The Hall–Kier alpha value is -0.00662. The molecule has 0 aliphatic carbocycles. The van der Waals surface area contributed by atoms with Crippen LogP contribution in [0.5, 0.6) is 5.75 Å². The van der Waals surface area contributed by atoms with Crippen LogP contribution in [0.15, 0.2) is 42.5 Å². The molecule has 0 unspecified atom stereocenters. The van der Waals surface area contributed by atoms with Gasteiger partial charge in [-0.2, -0.15) is 0 Å². The summed E-state index contributed by atoms with van der Waals surface area (Å²) in [6.45, 7) is 20.5. The van der Waals surface area contributed by atoms with E-state index in [2.05, 4.69) is 141 Å². The number of para-hydroxylation sites is 2. The number of nitrogens with zero attached hydrogens (tertiary/aromatic N) is 1. The first-order valence-corrected chi connectivity index (χ1v) is 23.1. The average molecular weight is 762 g/mol. The number of halogens is 2. The van der Waals surface area contributed by atoms with Crippen molar-refractivity contribution in [3.8, 4) is 5.75 Å². The third kappa shape index (κ3) is 8.56.